The van der Waals surface area contributed by atoms with E-state index in [2.05, 4.69) is 54.9 Å². The summed E-state index contributed by atoms with van der Waals surface area (Å²) in [7, 11) is 0. The third-order valence-corrected chi connectivity index (χ3v) is 3.96. The van der Waals surface area contributed by atoms with Gasteiger partial charge in [0.2, 0.25) is 0 Å². The highest BCUT2D eigenvalue weighted by molar-refractivity contribution is 9.10. The number of ether oxygens (including phenoxy) is 1. The fraction of sp³-hybridized carbons (Fsp3) is 0.333. The SMILES string of the molecule is CC(C)(C)c1ccccc1Oc1ccc(CCN)cc1Br. The van der Waals surface area contributed by atoms with Gasteiger partial charge in [0.15, 0.2) is 0 Å². The van der Waals surface area contributed by atoms with Gasteiger partial charge in [0.1, 0.15) is 11.5 Å². The lowest BCUT2D eigenvalue weighted by Gasteiger charge is -2.22. The lowest BCUT2D eigenvalue weighted by molar-refractivity contribution is 0.453. The molecule has 21 heavy (non-hydrogen) atoms. The highest BCUT2D eigenvalue weighted by Crippen LogP contribution is 2.36. The second-order valence-corrected chi connectivity index (χ2v) is 7.01. The first-order chi connectivity index (χ1) is 9.91. The number of para-hydroxylation sites is 1. The van der Waals surface area contributed by atoms with E-state index >= 15 is 0 Å². The second kappa shape index (κ2) is 6.63. The van der Waals surface area contributed by atoms with Crippen LogP contribution in [0.5, 0.6) is 11.5 Å². The normalized spacial score (nSPS) is 11.5. The molecule has 0 amide bonds. The minimum atomic E-state index is 0.0442. The molecule has 0 aliphatic carbocycles. The van der Waals surface area contributed by atoms with E-state index in [1.165, 1.54) is 11.1 Å². The number of nitrogens with two attached hydrogens (primary N) is 1. The van der Waals surface area contributed by atoms with Crippen molar-refractivity contribution in [1.29, 1.82) is 0 Å². The third kappa shape index (κ3) is 4.08. The monoisotopic (exact) mass is 347 g/mol. The molecule has 2 aromatic carbocycles. The fourth-order valence-electron chi connectivity index (χ4n) is 2.24. The van der Waals surface area contributed by atoms with Crippen LogP contribution in [0.25, 0.3) is 0 Å². The minimum absolute atomic E-state index is 0.0442. The molecule has 0 fully saturated rings. The zero-order valence-electron chi connectivity index (χ0n) is 12.8. The summed E-state index contributed by atoms with van der Waals surface area (Å²) in [5, 5.41) is 0. The number of hydrogen-bond acceptors (Lipinski definition) is 2. The molecule has 2 N–H and O–H groups in total. The Morgan fingerprint density at radius 2 is 1.76 bits per heavy atom. The van der Waals surface area contributed by atoms with Crippen LogP contribution in [0.4, 0.5) is 0 Å². The molecule has 2 rings (SSSR count). The van der Waals surface area contributed by atoms with Gasteiger partial charge in [-0.3, -0.25) is 0 Å². The van der Waals surface area contributed by atoms with Crippen molar-refractivity contribution in [3.8, 4) is 11.5 Å². The highest BCUT2D eigenvalue weighted by Gasteiger charge is 2.19. The highest BCUT2D eigenvalue weighted by atomic mass is 79.9. The Morgan fingerprint density at radius 3 is 2.38 bits per heavy atom. The first-order valence-corrected chi connectivity index (χ1v) is 7.97. The standard InChI is InChI=1S/C18H22BrNO/c1-18(2,3)14-6-4-5-7-16(14)21-17-9-8-13(10-11-20)12-15(17)19/h4-9,12H,10-11,20H2,1-3H3. The Labute approximate surface area is 135 Å². The maximum Gasteiger partial charge on any atom is 0.141 e. The zero-order chi connectivity index (χ0) is 15.5. The lowest BCUT2D eigenvalue weighted by atomic mass is 9.86. The quantitative estimate of drug-likeness (QED) is 0.840. The minimum Gasteiger partial charge on any atom is -0.456 e. The lowest BCUT2D eigenvalue weighted by Crippen LogP contribution is -2.12. The predicted octanol–water partition coefficient (Wildman–Crippen LogP) is 5.04. The second-order valence-electron chi connectivity index (χ2n) is 6.15. The van der Waals surface area contributed by atoms with Crippen molar-refractivity contribution in [3.63, 3.8) is 0 Å². The molecule has 2 nitrogen and oxygen atoms in total. The van der Waals surface area contributed by atoms with E-state index in [1.807, 2.05) is 24.3 Å². The van der Waals surface area contributed by atoms with Crippen molar-refractivity contribution in [1.82, 2.24) is 0 Å². The first-order valence-electron chi connectivity index (χ1n) is 7.17. The van der Waals surface area contributed by atoms with E-state index in [4.69, 9.17) is 10.5 Å². The Kier molecular flexibility index (Phi) is 5.07. The summed E-state index contributed by atoms with van der Waals surface area (Å²) in [5.41, 5.74) is 8.04. The van der Waals surface area contributed by atoms with Crippen molar-refractivity contribution in [2.24, 2.45) is 5.73 Å². The first kappa shape index (κ1) is 16.1. The predicted molar refractivity (Wildman–Crippen MR) is 92.1 cm³/mol. The van der Waals surface area contributed by atoms with Gasteiger partial charge in [0.25, 0.3) is 0 Å². The van der Waals surface area contributed by atoms with Gasteiger partial charge in [-0.2, -0.15) is 0 Å². The van der Waals surface area contributed by atoms with E-state index in [0.717, 1.165) is 22.4 Å². The van der Waals surface area contributed by atoms with Crippen LogP contribution in [0, 0.1) is 0 Å². The van der Waals surface area contributed by atoms with Crippen LogP contribution in [0.2, 0.25) is 0 Å². The number of rotatable bonds is 4. The number of hydrogen-bond donors (Lipinski definition) is 1. The van der Waals surface area contributed by atoms with Crippen LogP contribution >= 0.6 is 15.9 Å². The Balaban J connectivity index is 2.31. The van der Waals surface area contributed by atoms with Crippen molar-refractivity contribution < 1.29 is 4.74 Å². The van der Waals surface area contributed by atoms with Gasteiger partial charge >= 0.3 is 0 Å². The van der Waals surface area contributed by atoms with Gasteiger partial charge < -0.3 is 10.5 Å². The molecule has 0 heterocycles. The molecule has 3 heteroatoms. The molecule has 0 saturated carbocycles. The van der Waals surface area contributed by atoms with E-state index in [-0.39, 0.29) is 5.41 Å². The van der Waals surface area contributed by atoms with Gasteiger partial charge in [-0.15, -0.1) is 0 Å². The zero-order valence-corrected chi connectivity index (χ0v) is 14.4. The summed E-state index contributed by atoms with van der Waals surface area (Å²) in [6.07, 6.45) is 0.872. The summed E-state index contributed by atoms with van der Waals surface area (Å²) >= 11 is 3.58. The van der Waals surface area contributed by atoms with Gasteiger partial charge in [-0.05, 0) is 58.1 Å². The Hall–Kier alpha value is -1.32. The molecule has 0 aliphatic rings. The molecule has 0 radical (unpaired) electrons. The molecular weight excluding hydrogens is 326 g/mol. The average Bonchev–Trinajstić information content (AvgIpc) is 2.42. The van der Waals surface area contributed by atoms with Crippen molar-refractivity contribution in [2.75, 3.05) is 6.54 Å². The van der Waals surface area contributed by atoms with Gasteiger partial charge in [-0.25, -0.2) is 0 Å². The molecule has 0 aromatic heterocycles. The van der Waals surface area contributed by atoms with E-state index < -0.39 is 0 Å². The molecular formula is C18H22BrNO. The van der Waals surface area contributed by atoms with Crippen LogP contribution in [0.3, 0.4) is 0 Å². The fourth-order valence-corrected chi connectivity index (χ4v) is 2.75. The van der Waals surface area contributed by atoms with Crippen LogP contribution in [0.15, 0.2) is 46.9 Å². The van der Waals surface area contributed by atoms with Crippen molar-refractivity contribution >= 4 is 15.9 Å². The number of benzene rings is 2. The van der Waals surface area contributed by atoms with Crippen molar-refractivity contribution in [2.45, 2.75) is 32.6 Å². The third-order valence-electron chi connectivity index (χ3n) is 3.34. The topological polar surface area (TPSA) is 35.2 Å². The van der Waals surface area contributed by atoms with E-state index in [0.29, 0.717) is 6.54 Å². The molecule has 0 atom stereocenters. The van der Waals surface area contributed by atoms with Crippen LogP contribution < -0.4 is 10.5 Å². The van der Waals surface area contributed by atoms with Crippen LogP contribution in [-0.2, 0) is 11.8 Å². The van der Waals surface area contributed by atoms with E-state index in [1.54, 1.807) is 0 Å². The average molecular weight is 348 g/mol. The summed E-state index contributed by atoms with van der Waals surface area (Å²) in [4.78, 5) is 0. The molecule has 2 aromatic rings. The molecule has 0 spiro atoms. The molecule has 0 aliphatic heterocycles. The largest absolute Gasteiger partial charge is 0.456 e. The molecule has 0 saturated heterocycles. The van der Waals surface area contributed by atoms with E-state index in [9.17, 15) is 0 Å². The van der Waals surface area contributed by atoms with Gasteiger partial charge in [0.05, 0.1) is 4.47 Å². The smallest absolute Gasteiger partial charge is 0.141 e. The molecule has 0 bridgehead atoms. The summed E-state index contributed by atoms with van der Waals surface area (Å²) in [6, 6.07) is 14.3. The summed E-state index contributed by atoms with van der Waals surface area (Å²) in [5.74, 6) is 1.73. The van der Waals surface area contributed by atoms with Gasteiger partial charge in [0, 0.05) is 5.56 Å². The Bertz CT molecular complexity index is 617. The summed E-state index contributed by atoms with van der Waals surface area (Å²) < 4.78 is 7.08. The van der Waals surface area contributed by atoms with Gasteiger partial charge in [-0.1, -0.05) is 45.0 Å². The maximum absolute atomic E-state index is 6.12. The van der Waals surface area contributed by atoms with Crippen LogP contribution in [-0.4, -0.2) is 6.54 Å². The Morgan fingerprint density at radius 1 is 1.05 bits per heavy atom. The molecule has 0 unspecified atom stereocenters. The molecule has 112 valence electrons. The van der Waals surface area contributed by atoms with Crippen LogP contribution in [0.1, 0.15) is 31.9 Å². The number of halogens is 1. The summed E-state index contributed by atoms with van der Waals surface area (Å²) in [6.45, 7) is 7.22. The van der Waals surface area contributed by atoms with Crippen molar-refractivity contribution in [3.05, 3.63) is 58.1 Å². The maximum atomic E-state index is 6.12.